The van der Waals surface area contributed by atoms with Crippen molar-refractivity contribution in [1.29, 1.82) is 0 Å². The van der Waals surface area contributed by atoms with Crippen molar-refractivity contribution in [2.45, 2.75) is 0 Å². The number of pyridine rings is 1. The normalized spacial score (nSPS) is 11.5. The van der Waals surface area contributed by atoms with Gasteiger partial charge in [-0.2, -0.15) is 0 Å². The van der Waals surface area contributed by atoms with E-state index in [0.29, 0.717) is 0 Å². The Labute approximate surface area is 303 Å². The van der Waals surface area contributed by atoms with Crippen LogP contribution in [0.5, 0.6) is 0 Å². The quantitative estimate of drug-likeness (QED) is 0.132. The van der Waals surface area contributed by atoms with Gasteiger partial charge in [-0.1, -0.05) is 188 Å². The van der Waals surface area contributed by atoms with Crippen molar-refractivity contribution in [3.63, 3.8) is 0 Å². The number of aromatic nitrogens is 1. The molecule has 0 saturated heterocycles. The van der Waals surface area contributed by atoms with E-state index in [4.69, 9.17) is 4.98 Å². The molecule has 0 saturated carbocycles. The van der Waals surface area contributed by atoms with Crippen molar-refractivity contribution < 1.29 is 0 Å². The first-order chi connectivity index (χ1) is 25.8. The number of hydrogen-bond acceptors (Lipinski definition) is 1. The topological polar surface area (TPSA) is 12.9 Å². The Balaban J connectivity index is 1.07. The van der Waals surface area contributed by atoms with E-state index >= 15 is 0 Å². The molecule has 0 aliphatic carbocycles. The standard InChI is InChI=1S/C51H33N/c1-3-14-38(15-4-1)48-33-46(51-41-18-8-7-13-36(41)31-32-47(51)52-48)37-27-23-34(24-28-37)35-25-29-40(30-26-35)50-44-21-11-9-19-42(44)49(39-16-5-2-6-17-39)43-20-10-12-22-45(43)50/h1-33H. The lowest BCUT2D eigenvalue weighted by Crippen LogP contribution is -1.91. The summed E-state index contributed by atoms with van der Waals surface area (Å²) >= 11 is 0. The lowest BCUT2D eigenvalue weighted by Gasteiger charge is -2.18. The van der Waals surface area contributed by atoms with Gasteiger partial charge < -0.3 is 0 Å². The Morgan fingerprint density at radius 1 is 0.288 bits per heavy atom. The molecular formula is C51H33N. The Hall–Kier alpha value is -6.83. The third kappa shape index (κ3) is 5.06. The molecule has 0 aliphatic heterocycles. The van der Waals surface area contributed by atoms with Crippen LogP contribution in [0.2, 0.25) is 0 Å². The van der Waals surface area contributed by atoms with E-state index in [0.717, 1.165) is 16.8 Å². The molecule has 0 unspecified atom stereocenters. The predicted octanol–water partition coefficient (Wildman–Crippen LogP) is 14.0. The summed E-state index contributed by atoms with van der Waals surface area (Å²) in [5.41, 5.74) is 12.9. The van der Waals surface area contributed by atoms with Gasteiger partial charge in [0.1, 0.15) is 0 Å². The van der Waals surface area contributed by atoms with Gasteiger partial charge in [0.05, 0.1) is 11.2 Å². The molecule has 0 aliphatic rings. The summed E-state index contributed by atoms with van der Waals surface area (Å²) in [6, 6.07) is 72.3. The fourth-order valence-corrected chi connectivity index (χ4v) is 8.02. The molecule has 10 rings (SSSR count). The molecule has 1 aromatic heterocycles. The van der Waals surface area contributed by atoms with Gasteiger partial charge in [-0.25, -0.2) is 4.98 Å². The molecule has 9 aromatic carbocycles. The van der Waals surface area contributed by atoms with Crippen LogP contribution in [0.4, 0.5) is 0 Å². The molecule has 0 amide bonds. The Morgan fingerprint density at radius 3 is 1.27 bits per heavy atom. The van der Waals surface area contributed by atoms with Crippen molar-refractivity contribution in [2.24, 2.45) is 0 Å². The van der Waals surface area contributed by atoms with Crippen LogP contribution in [-0.2, 0) is 0 Å². The number of hydrogen-bond donors (Lipinski definition) is 0. The zero-order valence-electron chi connectivity index (χ0n) is 28.5. The summed E-state index contributed by atoms with van der Waals surface area (Å²) in [5.74, 6) is 0. The molecule has 0 spiro atoms. The van der Waals surface area contributed by atoms with Crippen molar-refractivity contribution in [3.8, 4) is 55.8 Å². The molecule has 1 heterocycles. The Bertz CT molecular complexity index is 2850. The highest BCUT2D eigenvalue weighted by atomic mass is 14.7. The van der Waals surface area contributed by atoms with E-state index in [1.165, 1.54) is 82.2 Å². The van der Waals surface area contributed by atoms with Gasteiger partial charge in [-0.05, 0) is 89.0 Å². The zero-order chi connectivity index (χ0) is 34.4. The Kier molecular flexibility index (Phi) is 7.22. The van der Waals surface area contributed by atoms with Gasteiger partial charge in [0.25, 0.3) is 0 Å². The number of fused-ring (bicyclic) bond motifs is 5. The van der Waals surface area contributed by atoms with Crippen LogP contribution in [0, 0.1) is 0 Å². The summed E-state index contributed by atoms with van der Waals surface area (Å²) in [5, 5.41) is 8.71. The third-order valence-corrected chi connectivity index (χ3v) is 10.5. The maximum atomic E-state index is 5.14. The minimum atomic E-state index is 0.981. The maximum absolute atomic E-state index is 5.14. The molecule has 0 bridgehead atoms. The molecule has 242 valence electrons. The van der Waals surface area contributed by atoms with Crippen molar-refractivity contribution in [2.75, 3.05) is 0 Å². The predicted molar refractivity (Wildman–Crippen MR) is 221 cm³/mol. The van der Waals surface area contributed by atoms with E-state index in [1.54, 1.807) is 0 Å². The largest absolute Gasteiger partial charge is 0.248 e. The van der Waals surface area contributed by atoms with Gasteiger partial charge in [-0.3, -0.25) is 0 Å². The number of benzene rings is 9. The summed E-state index contributed by atoms with van der Waals surface area (Å²) in [4.78, 5) is 5.14. The molecule has 0 N–H and O–H groups in total. The Morgan fingerprint density at radius 2 is 0.712 bits per heavy atom. The van der Waals surface area contributed by atoms with Gasteiger partial charge in [-0.15, -0.1) is 0 Å². The summed E-state index contributed by atoms with van der Waals surface area (Å²) in [6.07, 6.45) is 0. The molecule has 1 heteroatoms. The highest BCUT2D eigenvalue weighted by Crippen LogP contribution is 2.44. The maximum Gasteiger partial charge on any atom is 0.0722 e. The van der Waals surface area contributed by atoms with Crippen LogP contribution in [0.15, 0.2) is 200 Å². The lowest BCUT2D eigenvalue weighted by molar-refractivity contribution is 1.40. The van der Waals surface area contributed by atoms with Crippen LogP contribution in [0.25, 0.3) is 99.0 Å². The zero-order valence-corrected chi connectivity index (χ0v) is 28.5. The SMILES string of the molecule is c1ccc(-c2cc(-c3ccc(-c4ccc(-c5c6ccccc6c(-c6ccccc6)c6ccccc56)cc4)cc3)c3c(ccc4ccccc43)n2)cc1. The second-order valence-corrected chi connectivity index (χ2v) is 13.5. The molecule has 0 atom stereocenters. The fourth-order valence-electron chi connectivity index (χ4n) is 8.02. The monoisotopic (exact) mass is 659 g/mol. The fraction of sp³-hybridized carbons (Fsp3) is 0. The van der Waals surface area contributed by atoms with Gasteiger partial charge >= 0.3 is 0 Å². The number of nitrogens with zero attached hydrogens (tertiary/aromatic N) is 1. The van der Waals surface area contributed by atoms with Gasteiger partial charge in [0, 0.05) is 10.9 Å². The first-order valence-electron chi connectivity index (χ1n) is 17.9. The second-order valence-electron chi connectivity index (χ2n) is 13.5. The van der Waals surface area contributed by atoms with Crippen LogP contribution in [-0.4, -0.2) is 4.98 Å². The van der Waals surface area contributed by atoms with Crippen LogP contribution in [0.3, 0.4) is 0 Å². The minimum Gasteiger partial charge on any atom is -0.248 e. The second kappa shape index (κ2) is 12.5. The molecular weight excluding hydrogens is 627 g/mol. The molecule has 1 nitrogen and oxygen atoms in total. The highest BCUT2D eigenvalue weighted by molar-refractivity contribution is 6.21. The summed E-state index contributed by atoms with van der Waals surface area (Å²) in [7, 11) is 0. The average Bonchev–Trinajstić information content (AvgIpc) is 3.23. The van der Waals surface area contributed by atoms with Crippen molar-refractivity contribution in [3.05, 3.63) is 200 Å². The number of rotatable bonds is 5. The van der Waals surface area contributed by atoms with E-state index in [-0.39, 0.29) is 0 Å². The van der Waals surface area contributed by atoms with Crippen LogP contribution < -0.4 is 0 Å². The van der Waals surface area contributed by atoms with Crippen molar-refractivity contribution >= 4 is 43.2 Å². The summed E-state index contributed by atoms with van der Waals surface area (Å²) in [6.45, 7) is 0. The lowest BCUT2D eigenvalue weighted by atomic mass is 9.85. The molecule has 0 fully saturated rings. The van der Waals surface area contributed by atoms with E-state index < -0.39 is 0 Å². The minimum absolute atomic E-state index is 0.981. The third-order valence-electron chi connectivity index (χ3n) is 10.5. The van der Waals surface area contributed by atoms with E-state index in [9.17, 15) is 0 Å². The van der Waals surface area contributed by atoms with Crippen LogP contribution >= 0.6 is 0 Å². The van der Waals surface area contributed by atoms with Crippen LogP contribution in [0.1, 0.15) is 0 Å². The van der Waals surface area contributed by atoms with Gasteiger partial charge in [0.2, 0.25) is 0 Å². The smallest absolute Gasteiger partial charge is 0.0722 e. The average molecular weight is 660 g/mol. The molecule has 10 aromatic rings. The molecule has 52 heavy (non-hydrogen) atoms. The van der Waals surface area contributed by atoms with Gasteiger partial charge in [0.15, 0.2) is 0 Å². The van der Waals surface area contributed by atoms with E-state index in [2.05, 4.69) is 200 Å². The van der Waals surface area contributed by atoms with E-state index in [1.807, 2.05) is 0 Å². The molecule has 0 radical (unpaired) electrons. The first-order valence-corrected chi connectivity index (χ1v) is 17.9. The first kappa shape index (κ1) is 30.0. The summed E-state index contributed by atoms with van der Waals surface area (Å²) < 4.78 is 0. The highest BCUT2D eigenvalue weighted by Gasteiger charge is 2.17. The van der Waals surface area contributed by atoms with Crippen molar-refractivity contribution in [1.82, 2.24) is 4.98 Å².